The lowest BCUT2D eigenvalue weighted by atomic mass is 10.1. The summed E-state index contributed by atoms with van der Waals surface area (Å²) in [6, 6.07) is 7.23. The summed E-state index contributed by atoms with van der Waals surface area (Å²) in [7, 11) is 1.62. The number of hydrogen-bond donors (Lipinski definition) is 2. The molecular weight excluding hydrogens is 248 g/mol. The average molecular weight is 262 g/mol. The van der Waals surface area contributed by atoms with E-state index in [0.717, 1.165) is 11.3 Å². The van der Waals surface area contributed by atoms with Gasteiger partial charge in [0, 0.05) is 0 Å². The molecule has 1 fully saturated rings. The molecule has 0 saturated carbocycles. The van der Waals surface area contributed by atoms with E-state index < -0.39 is 0 Å². The Morgan fingerprint density at radius 1 is 1.33 bits per heavy atom. The summed E-state index contributed by atoms with van der Waals surface area (Å²) in [5, 5.41) is 5.73. The quantitative estimate of drug-likeness (QED) is 0.626. The molecule has 1 amide bonds. The highest BCUT2D eigenvalue weighted by atomic mass is 32.1. The first-order chi connectivity index (χ1) is 8.60. The second-order valence-corrected chi connectivity index (χ2v) is 4.42. The van der Waals surface area contributed by atoms with Crippen molar-refractivity contribution in [2.24, 2.45) is 0 Å². The van der Waals surface area contributed by atoms with E-state index in [-0.39, 0.29) is 11.9 Å². The molecule has 4 nitrogen and oxygen atoms in total. The third kappa shape index (κ3) is 2.68. The van der Waals surface area contributed by atoms with E-state index >= 15 is 0 Å². The van der Waals surface area contributed by atoms with E-state index in [1.165, 1.54) is 0 Å². The lowest BCUT2D eigenvalue weighted by molar-refractivity contribution is -0.121. The van der Waals surface area contributed by atoms with Crippen molar-refractivity contribution in [1.29, 1.82) is 0 Å². The Kier molecular flexibility index (Phi) is 3.62. The van der Waals surface area contributed by atoms with E-state index in [1.807, 2.05) is 30.3 Å². The lowest BCUT2D eigenvalue weighted by Crippen LogP contribution is -2.52. The third-order valence-corrected chi connectivity index (χ3v) is 3.01. The monoisotopic (exact) mass is 262 g/mol. The van der Waals surface area contributed by atoms with Gasteiger partial charge in [-0.2, -0.15) is 0 Å². The van der Waals surface area contributed by atoms with E-state index in [0.29, 0.717) is 10.7 Å². The van der Waals surface area contributed by atoms with Crippen LogP contribution >= 0.6 is 12.2 Å². The molecule has 94 valence electrons. The van der Waals surface area contributed by atoms with Crippen LogP contribution in [0.25, 0.3) is 6.08 Å². The highest BCUT2D eigenvalue weighted by molar-refractivity contribution is 7.80. The molecule has 1 aromatic carbocycles. The first kappa shape index (κ1) is 12.6. The van der Waals surface area contributed by atoms with Crippen LogP contribution in [0.15, 0.2) is 30.0 Å². The largest absolute Gasteiger partial charge is 0.497 e. The first-order valence-electron chi connectivity index (χ1n) is 5.57. The van der Waals surface area contributed by atoms with Crippen LogP contribution in [0.4, 0.5) is 0 Å². The highest BCUT2D eigenvalue weighted by Crippen LogP contribution is 2.14. The van der Waals surface area contributed by atoms with Crippen LogP contribution in [0.2, 0.25) is 0 Å². The van der Waals surface area contributed by atoms with Gasteiger partial charge in [-0.25, -0.2) is 0 Å². The summed E-state index contributed by atoms with van der Waals surface area (Å²) in [6.45, 7) is 1.77. The van der Waals surface area contributed by atoms with E-state index in [2.05, 4.69) is 10.6 Å². The molecular formula is C13H14N2O2S. The van der Waals surface area contributed by atoms with E-state index in [9.17, 15) is 4.79 Å². The Bertz CT molecular complexity index is 508. The van der Waals surface area contributed by atoms with Crippen LogP contribution in [-0.2, 0) is 4.79 Å². The van der Waals surface area contributed by atoms with Crippen LogP contribution in [0.5, 0.6) is 5.75 Å². The molecule has 18 heavy (non-hydrogen) atoms. The number of benzene rings is 1. The molecule has 2 rings (SSSR count). The maximum atomic E-state index is 11.5. The van der Waals surface area contributed by atoms with Crippen molar-refractivity contribution in [2.75, 3.05) is 7.11 Å². The molecule has 1 unspecified atom stereocenters. The Hall–Kier alpha value is -1.88. The Morgan fingerprint density at radius 3 is 2.61 bits per heavy atom. The number of piperazine rings is 1. The molecule has 1 aromatic rings. The third-order valence-electron chi connectivity index (χ3n) is 2.67. The Balaban J connectivity index is 2.21. The highest BCUT2D eigenvalue weighted by Gasteiger charge is 2.23. The summed E-state index contributed by atoms with van der Waals surface area (Å²) in [4.78, 5) is 12.1. The molecule has 1 saturated heterocycles. The molecule has 0 bridgehead atoms. The summed E-state index contributed by atoms with van der Waals surface area (Å²) < 4.78 is 5.08. The van der Waals surface area contributed by atoms with Crippen molar-refractivity contribution in [1.82, 2.24) is 10.6 Å². The number of carbonyl (C=O) groups excluding carboxylic acids is 1. The molecule has 1 aliphatic rings. The zero-order chi connectivity index (χ0) is 13.1. The van der Waals surface area contributed by atoms with Crippen LogP contribution in [0, 0.1) is 0 Å². The van der Waals surface area contributed by atoms with Gasteiger partial charge in [-0.15, -0.1) is 0 Å². The normalized spacial score (nSPS) is 21.4. The van der Waals surface area contributed by atoms with Gasteiger partial charge in [0.1, 0.15) is 16.8 Å². The minimum atomic E-state index is -0.287. The summed E-state index contributed by atoms with van der Waals surface area (Å²) in [6.07, 6.45) is 1.83. The van der Waals surface area contributed by atoms with Gasteiger partial charge in [0.25, 0.3) is 0 Å². The fourth-order valence-corrected chi connectivity index (χ4v) is 1.89. The van der Waals surface area contributed by atoms with Crippen LogP contribution in [-0.4, -0.2) is 24.0 Å². The molecule has 0 aliphatic carbocycles. The van der Waals surface area contributed by atoms with Crippen molar-refractivity contribution in [2.45, 2.75) is 13.0 Å². The van der Waals surface area contributed by atoms with Crippen molar-refractivity contribution in [3.63, 3.8) is 0 Å². The molecule has 2 N–H and O–H groups in total. The minimum absolute atomic E-state index is 0.0802. The number of ether oxygens (including phenoxy) is 1. The maximum absolute atomic E-state index is 11.5. The number of carbonyl (C=O) groups is 1. The topological polar surface area (TPSA) is 50.4 Å². The number of amides is 1. The zero-order valence-electron chi connectivity index (χ0n) is 10.2. The van der Waals surface area contributed by atoms with Gasteiger partial charge in [0.15, 0.2) is 0 Å². The van der Waals surface area contributed by atoms with Gasteiger partial charge < -0.3 is 15.4 Å². The standard InChI is InChI=1S/C13H14N2O2S/c1-8-12(16)15-11(13(18)14-8)7-9-3-5-10(17-2)6-4-9/h3-8H,1-2H3,(H,14,18)(H,15,16)/b11-7-. The van der Waals surface area contributed by atoms with E-state index in [1.54, 1.807) is 14.0 Å². The van der Waals surface area contributed by atoms with Gasteiger partial charge >= 0.3 is 0 Å². The fraction of sp³-hybridized carbons (Fsp3) is 0.231. The molecule has 1 atom stereocenters. The van der Waals surface area contributed by atoms with Crippen LogP contribution in [0.3, 0.4) is 0 Å². The second-order valence-electron chi connectivity index (χ2n) is 4.02. The van der Waals surface area contributed by atoms with Crippen LogP contribution < -0.4 is 15.4 Å². The van der Waals surface area contributed by atoms with Crippen molar-refractivity contribution >= 4 is 29.2 Å². The molecule has 0 radical (unpaired) electrons. The Labute approximate surface area is 111 Å². The summed E-state index contributed by atoms with van der Waals surface area (Å²) in [5.74, 6) is 0.711. The van der Waals surface area contributed by atoms with Crippen molar-refractivity contribution in [3.8, 4) is 5.75 Å². The number of nitrogens with one attached hydrogen (secondary N) is 2. The molecule has 1 heterocycles. The van der Waals surface area contributed by atoms with E-state index in [4.69, 9.17) is 17.0 Å². The van der Waals surface area contributed by atoms with Gasteiger partial charge in [-0.1, -0.05) is 24.4 Å². The van der Waals surface area contributed by atoms with Crippen LogP contribution in [0.1, 0.15) is 12.5 Å². The lowest BCUT2D eigenvalue weighted by Gasteiger charge is -2.24. The summed E-state index contributed by atoms with van der Waals surface area (Å²) >= 11 is 5.19. The second kappa shape index (κ2) is 5.18. The Morgan fingerprint density at radius 2 is 2.00 bits per heavy atom. The number of thiocarbonyl (C=S) groups is 1. The molecule has 0 spiro atoms. The number of rotatable bonds is 2. The molecule has 5 heteroatoms. The molecule has 1 aliphatic heterocycles. The van der Waals surface area contributed by atoms with Gasteiger partial charge in [0.05, 0.1) is 12.8 Å². The first-order valence-corrected chi connectivity index (χ1v) is 5.98. The minimum Gasteiger partial charge on any atom is -0.497 e. The molecule has 0 aromatic heterocycles. The SMILES string of the molecule is COc1ccc(/C=C2\NC(=O)C(C)NC2=S)cc1. The average Bonchev–Trinajstić information content (AvgIpc) is 2.37. The van der Waals surface area contributed by atoms with Gasteiger partial charge in [0.2, 0.25) is 5.91 Å². The maximum Gasteiger partial charge on any atom is 0.246 e. The number of hydrogen-bond acceptors (Lipinski definition) is 3. The van der Waals surface area contributed by atoms with Crippen molar-refractivity contribution < 1.29 is 9.53 Å². The van der Waals surface area contributed by atoms with Crippen molar-refractivity contribution in [3.05, 3.63) is 35.5 Å². The number of methoxy groups -OCH3 is 1. The summed E-state index contributed by atoms with van der Waals surface area (Å²) in [5.41, 5.74) is 1.57. The predicted octanol–water partition coefficient (Wildman–Crippen LogP) is 1.47. The van der Waals surface area contributed by atoms with Gasteiger partial charge in [-0.05, 0) is 30.7 Å². The fourth-order valence-electron chi connectivity index (χ4n) is 1.61. The van der Waals surface area contributed by atoms with Gasteiger partial charge in [-0.3, -0.25) is 4.79 Å². The predicted molar refractivity (Wildman–Crippen MR) is 74.3 cm³/mol. The smallest absolute Gasteiger partial charge is 0.246 e. The zero-order valence-corrected chi connectivity index (χ0v) is 11.0.